The van der Waals surface area contributed by atoms with Crippen LogP contribution in [0.25, 0.3) is 0 Å². The Morgan fingerprint density at radius 3 is 2.69 bits per heavy atom. The lowest BCUT2D eigenvalue weighted by Crippen LogP contribution is -2.40. The molecule has 0 fully saturated rings. The fraction of sp³-hybridized carbons (Fsp3) is 0.273. The van der Waals surface area contributed by atoms with Gasteiger partial charge in [0.25, 0.3) is 0 Å². The predicted octanol–water partition coefficient (Wildman–Crippen LogP) is 4.85. The van der Waals surface area contributed by atoms with Gasteiger partial charge in [-0.1, -0.05) is 22.0 Å². The molecule has 2 aliphatic rings. The molecule has 0 saturated heterocycles. The number of benzene rings is 1. The summed E-state index contributed by atoms with van der Waals surface area (Å²) < 4.78 is 6.30. The monoisotopic (exact) mass is 472 g/mol. The molecule has 0 bridgehead atoms. The van der Waals surface area contributed by atoms with Gasteiger partial charge in [-0.05, 0) is 55.5 Å². The number of Topliss-reactive ketones (excluding diaryl/α,β-unsaturated/α-hetero) is 1. The number of hydrogen-bond donors (Lipinski definition) is 1. The Hall–Kier alpha value is -2.38. The van der Waals surface area contributed by atoms with Crippen LogP contribution in [0.5, 0.6) is 0 Å². The van der Waals surface area contributed by atoms with E-state index in [0.717, 1.165) is 33.6 Å². The van der Waals surface area contributed by atoms with E-state index in [1.54, 1.807) is 6.92 Å². The average Bonchev–Trinajstić information content (AvgIpc) is 3.23. The number of esters is 1. The molecule has 7 heteroatoms. The van der Waals surface area contributed by atoms with Gasteiger partial charge in [0.1, 0.15) is 5.82 Å². The highest BCUT2D eigenvalue weighted by atomic mass is 79.9. The summed E-state index contributed by atoms with van der Waals surface area (Å²) in [4.78, 5) is 28.9. The van der Waals surface area contributed by atoms with Crippen LogP contribution in [0.3, 0.4) is 0 Å². The number of rotatable bonds is 4. The average molecular weight is 473 g/mol. The van der Waals surface area contributed by atoms with E-state index in [0.29, 0.717) is 23.4 Å². The number of nitrogens with zero attached hydrogens (tertiary/aromatic N) is 1. The predicted molar refractivity (Wildman–Crippen MR) is 117 cm³/mol. The Labute approximate surface area is 182 Å². The van der Waals surface area contributed by atoms with Crippen molar-refractivity contribution in [3.63, 3.8) is 0 Å². The van der Waals surface area contributed by atoms with E-state index in [9.17, 15) is 9.59 Å². The second-order valence-corrected chi connectivity index (χ2v) is 8.81. The third-order valence-electron chi connectivity index (χ3n) is 5.20. The summed E-state index contributed by atoms with van der Waals surface area (Å²) in [7, 11) is 0. The lowest BCUT2D eigenvalue weighted by Gasteiger charge is -2.40. The van der Waals surface area contributed by atoms with Gasteiger partial charge in [-0.3, -0.25) is 9.69 Å². The first-order valence-corrected chi connectivity index (χ1v) is 11.2. The fourth-order valence-corrected chi connectivity index (χ4v) is 5.13. The van der Waals surface area contributed by atoms with Gasteiger partial charge >= 0.3 is 5.97 Å². The highest BCUT2D eigenvalue weighted by Gasteiger charge is 2.43. The summed E-state index contributed by atoms with van der Waals surface area (Å²) in [5.41, 5.74) is 9.33. The summed E-state index contributed by atoms with van der Waals surface area (Å²) in [6.07, 6.45) is 1.98. The first-order chi connectivity index (χ1) is 14.0. The minimum Gasteiger partial charge on any atom is -0.463 e. The number of carbonyl (C=O) groups excluding carboxylic acids is 2. The molecule has 0 amide bonds. The van der Waals surface area contributed by atoms with Crippen LogP contribution < -0.4 is 10.6 Å². The molecule has 1 aliphatic heterocycles. The van der Waals surface area contributed by atoms with Crippen molar-refractivity contribution in [2.24, 2.45) is 5.73 Å². The van der Waals surface area contributed by atoms with Gasteiger partial charge in [-0.2, -0.15) is 0 Å². The van der Waals surface area contributed by atoms with Crippen LogP contribution in [-0.2, 0) is 14.3 Å². The number of hydrogen-bond acceptors (Lipinski definition) is 6. The summed E-state index contributed by atoms with van der Waals surface area (Å²) in [5, 5.41) is 1.95. The molecule has 1 aromatic heterocycles. The fourth-order valence-electron chi connectivity index (χ4n) is 4.02. The van der Waals surface area contributed by atoms with Crippen LogP contribution in [-0.4, -0.2) is 18.4 Å². The van der Waals surface area contributed by atoms with Crippen molar-refractivity contribution in [2.45, 2.75) is 32.1 Å². The normalized spacial score (nSPS) is 19.4. The minimum absolute atomic E-state index is 0.0704. The van der Waals surface area contributed by atoms with E-state index in [2.05, 4.69) is 15.9 Å². The van der Waals surface area contributed by atoms with Gasteiger partial charge in [-0.25, -0.2) is 4.79 Å². The number of anilines is 1. The zero-order valence-electron chi connectivity index (χ0n) is 16.0. The molecule has 2 heterocycles. The Bertz CT molecular complexity index is 1010. The zero-order valence-corrected chi connectivity index (χ0v) is 18.4. The molecule has 150 valence electrons. The number of allylic oxidation sites excluding steroid dienone is 2. The molecule has 2 aromatic rings. The van der Waals surface area contributed by atoms with Crippen LogP contribution in [0.4, 0.5) is 5.69 Å². The minimum atomic E-state index is -0.483. The lowest BCUT2D eigenvalue weighted by atomic mass is 9.77. The quantitative estimate of drug-likeness (QED) is 0.643. The van der Waals surface area contributed by atoms with Crippen LogP contribution in [0.2, 0.25) is 0 Å². The maximum Gasteiger partial charge on any atom is 0.338 e. The number of ketones is 1. The smallest absolute Gasteiger partial charge is 0.338 e. The van der Waals surface area contributed by atoms with Crippen molar-refractivity contribution >= 4 is 44.7 Å². The van der Waals surface area contributed by atoms with Crippen molar-refractivity contribution in [3.05, 3.63) is 73.8 Å². The van der Waals surface area contributed by atoms with Crippen LogP contribution in [0.1, 0.15) is 37.0 Å². The van der Waals surface area contributed by atoms with Gasteiger partial charge in [-0.15, -0.1) is 11.3 Å². The van der Waals surface area contributed by atoms with E-state index in [-0.39, 0.29) is 12.4 Å². The maximum absolute atomic E-state index is 13.1. The molecule has 29 heavy (non-hydrogen) atoms. The van der Waals surface area contributed by atoms with Crippen LogP contribution >= 0.6 is 27.3 Å². The summed E-state index contributed by atoms with van der Waals surface area (Å²) >= 11 is 4.97. The Morgan fingerprint density at radius 2 is 2.03 bits per heavy atom. The second kappa shape index (κ2) is 8.16. The number of thiophene rings is 1. The van der Waals surface area contributed by atoms with Crippen LogP contribution in [0.15, 0.2) is 68.9 Å². The van der Waals surface area contributed by atoms with E-state index >= 15 is 0 Å². The van der Waals surface area contributed by atoms with Gasteiger partial charge in [0.15, 0.2) is 5.78 Å². The van der Waals surface area contributed by atoms with Gasteiger partial charge < -0.3 is 10.5 Å². The number of halogens is 1. The molecule has 0 spiro atoms. The van der Waals surface area contributed by atoms with Gasteiger partial charge in [0, 0.05) is 32.7 Å². The molecule has 1 aromatic carbocycles. The van der Waals surface area contributed by atoms with Crippen molar-refractivity contribution in [1.29, 1.82) is 0 Å². The SMILES string of the molecule is CCOC(=O)C1=C(N)N(c2ccc(Br)cc2)C2=C(C(=O)CCC2)C1c1cccs1. The van der Waals surface area contributed by atoms with Crippen molar-refractivity contribution in [3.8, 4) is 0 Å². The molecule has 0 saturated carbocycles. The second-order valence-electron chi connectivity index (χ2n) is 6.92. The molecular weight excluding hydrogens is 452 g/mol. The molecule has 5 nitrogen and oxygen atoms in total. The van der Waals surface area contributed by atoms with Crippen molar-refractivity contribution in [1.82, 2.24) is 0 Å². The number of carbonyl (C=O) groups is 2. The first kappa shape index (κ1) is 19.9. The summed E-state index contributed by atoms with van der Waals surface area (Å²) in [6.45, 7) is 2.01. The highest BCUT2D eigenvalue weighted by Crippen LogP contribution is 2.47. The third-order valence-corrected chi connectivity index (χ3v) is 6.67. The summed E-state index contributed by atoms with van der Waals surface area (Å²) in [6, 6.07) is 11.6. The summed E-state index contributed by atoms with van der Waals surface area (Å²) in [5.74, 6) is -0.558. The Kier molecular flexibility index (Phi) is 5.61. The van der Waals surface area contributed by atoms with Crippen molar-refractivity contribution in [2.75, 3.05) is 11.5 Å². The van der Waals surface area contributed by atoms with Gasteiger partial charge in [0.2, 0.25) is 0 Å². The molecule has 1 atom stereocenters. The number of ether oxygens (including phenoxy) is 1. The Morgan fingerprint density at radius 1 is 1.28 bits per heavy atom. The molecule has 4 rings (SSSR count). The van der Waals surface area contributed by atoms with E-state index in [4.69, 9.17) is 10.5 Å². The standard InChI is InChI=1S/C22H21BrN2O3S/c1-2-28-22(27)20-19(17-7-4-12-29-17)18-15(5-3-6-16(18)26)25(21(20)24)14-10-8-13(23)9-11-14/h4,7-12,19H,2-3,5-6,24H2,1H3. The lowest BCUT2D eigenvalue weighted by molar-refractivity contribution is -0.138. The third kappa shape index (κ3) is 3.53. The molecule has 0 radical (unpaired) electrons. The van der Waals surface area contributed by atoms with Crippen LogP contribution in [0, 0.1) is 0 Å². The van der Waals surface area contributed by atoms with E-state index in [1.807, 2.05) is 46.7 Å². The Balaban J connectivity index is 1.97. The highest BCUT2D eigenvalue weighted by molar-refractivity contribution is 9.10. The maximum atomic E-state index is 13.1. The van der Waals surface area contributed by atoms with E-state index < -0.39 is 11.9 Å². The first-order valence-electron chi connectivity index (χ1n) is 9.55. The topological polar surface area (TPSA) is 72.6 Å². The largest absolute Gasteiger partial charge is 0.463 e. The molecule has 2 N–H and O–H groups in total. The number of nitrogens with two attached hydrogens (primary N) is 1. The van der Waals surface area contributed by atoms with Gasteiger partial charge in [0.05, 0.1) is 18.1 Å². The molecule has 1 unspecified atom stereocenters. The van der Waals surface area contributed by atoms with Crippen molar-refractivity contribution < 1.29 is 14.3 Å². The molecule has 1 aliphatic carbocycles. The van der Waals surface area contributed by atoms with E-state index in [1.165, 1.54) is 11.3 Å². The molecular formula is C22H21BrN2O3S. The zero-order chi connectivity index (χ0) is 20.5.